The summed E-state index contributed by atoms with van der Waals surface area (Å²) in [5, 5.41) is 0. The first kappa shape index (κ1) is 8.18. The van der Waals surface area contributed by atoms with Gasteiger partial charge >= 0.3 is 0 Å². The minimum absolute atomic E-state index is 0.424. The second-order valence-corrected chi connectivity index (χ2v) is 2.50. The minimum Gasteiger partial charge on any atom is -0.204 e. The van der Waals surface area contributed by atoms with Crippen LogP contribution < -0.4 is 0 Å². The predicted molar refractivity (Wildman–Crippen MR) is 40.5 cm³/mol. The molecule has 0 aliphatic heterocycles. The second kappa shape index (κ2) is 2.99. The molecular weight excluding hydrogens is 146 g/mol. The summed E-state index contributed by atoms with van der Waals surface area (Å²) in [6.07, 6.45) is 0.739. The van der Waals surface area contributed by atoms with E-state index in [1.807, 2.05) is 6.92 Å². The fourth-order valence-electron chi connectivity index (χ4n) is 1.08. The van der Waals surface area contributed by atoms with Crippen LogP contribution in [0.3, 0.4) is 0 Å². The number of halogens is 2. The van der Waals surface area contributed by atoms with Gasteiger partial charge in [-0.3, -0.25) is 0 Å². The maximum atomic E-state index is 12.8. The molecule has 0 radical (unpaired) electrons. The Bertz CT molecular complexity index is 267. The zero-order chi connectivity index (χ0) is 8.43. The van der Waals surface area contributed by atoms with E-state index in [-0.39, 0.29) is 0 Å². The van der Waals surface area contributed by atoms with E-state index < -0.39 is 11.6 Å². The van der Waals surface area contributed by atoms with Gasteiger partial charge in [-0.1, -0.05) is 13.0 Å². The van der Waals surface area contributed by atoms with E-state index in [0.717, 1.165) is 12.0 Å². The molecule has 0 saturated heterocycles. The molecule has 0 fully saturated rings. The van der Waals surface area contributed by atoms with Gasteiger partial charge in [-0.2, -0.15) is 0 Å². The van der Waals surface area contributed by atoms with Crippen molar-refractivity contribution >= 4 is 0 Å². The van der Waals surface area contributed by atoms with Crippen molar-refractivity contribution in [3.05, 3.63) is 34.9 Å². The monoisotopic (exact) mass is 156 g/mol. The highest BCUT2D eigenvalue weighted by atomic mass is 19.2. The van der Waals surface area contributed by atoms with Crippen molar-refractivity contribution in [2.45, 2.75) is 20.3 Å². The standard InChI is InChI=1S/C9H10F2/c1-3-7-4-5-8(10)9(11)6(7)2/h4-5H,3H2,1-2H3. The van der Waals surface area contributed by atoms with Gasteiger partial charge in [-0.15, -0.1) is 0 Å². The third-order valence-electron chi connectivity index (χ3n) is 1.83. The number of hydrogen-bond donors (Lipinski definition) is 0. The summed E-state index contributed by atoms with van der Waals surface area (Å²) in [6.45, 7) is 3.51. The van der Waals surface area contributed by atoms with Gasteiger partial charge in [0.05, 0.1) is 0 Å². The molecule has 60 valence electrons. The lowest BCUT2D eigenvalue weighted by atomic mass is 10.1. The Morgan fingerprint density at radius 1 is 1.27 bits per heavy atom. The van der Waals surface area contributed by atoms with Crippen LogP contribution >= 0.6 is 0 Å². The summed E-state index contributed by atoms with van der Waals surface area (Å²) in [7, 11) is 0. The molecule has 1 aromatic rings. The minimum atomic E-state index is -0.764. The van der Waals surface area contributed by atoms with Gasteiger partial charge in [0.15, 0.2) is 11.6 Å². The highest BCUT2D eigenvalue weighted by molar-refractivity contribution is 5.27. The van der Waals surface area contributed by atoms with Gasteiger partial charge < -0.3 is 0 Å². The molecule has 11 heavy (non-hydrogen) atoms. The predicted octanol–water partition coefficient (Wildman–Crippen LogP) is 2.84. The molecule has 0 aliphatic carbocycles. The Balaban J connectivity index is 3.25. The quantitative estimate of drug-likeness (QED) is 0.586. The average Bonchev–Trinajstić information content (AvgIpc) is 2.01. The van der Waals surface area contributed by atoms with Gasteiger partial charge in [0, 0.05) is 0 Å². The fourth-order valence-corrected chi connectivity index (χ4v) is 1.08. The SMILES string of the molecule is CCc1ccc(F)c(F)c1C. The van der Waals surface area contributed by atoms with Crippen LogP contribution in [-0.4, -0.2) is 0 Å². The van der Waals surface area contributed by atoms with Gasteiger partial charge in [0.25, 0.3) is 0 Å². The first-order valence-corrected chi connectivity index (χ1v) is 3.60. The average molecular weight is 156 g/mol. The van der Waals surface area contributed by atoms with Crippen LogP contribution in [0.1, 0.15) is 18.1 Å². The van der Waals surface area contributed by atoms with Gasteiger partial charge in [0.2, 0.25) is 0 Å². The largest absolute Gasteiger partial charge is 0.204 e. The van der Waals surface area contributed by atoms with Crippen molar-refractivity contribution < 1.29 is 8.78 Å². The maximum absolute atomic E-state index is 12.8. The van der Waals surface area contributed by atoms with Gasteiger partial charge in [-0.25, -0.2) is 8.78 Å². The van der Waals surface area contributed by atoms with Crippen LogP contribution in [0.25, 0.3) is 0 Å². The molecular formula is C9H10F2. The molecule has 1 aromatic carbocycles. The highest BCUT2D eigenvalue weighted by Crippen LogP contribution is 2.15. The van der Waals surface area contributed by atoms with E-state index >= 15 is 0 Å². The summed E-state index contributed by atoms with van der Waals surface area (Å²) >= 11 is 0. The number of hydrogen-bond acceptors (Lipinski definition) is 0. The molecule has 0 bridgehead atoms. The molecule has 0 saturated carbocycles. The van der Waals surface area contributed by atoms with Crippen LogP contribution in [-0.2, 0) is 6.42 Å². The van der Waals surface area contributed by atoms with E-state index in [1.54, 1.807) is 13.0 Å². The zero-order valence-electron chi connectivity index (χ0n) is 6.62. The Morgan fingerprint density at radius 3 is 2.45 bits per heavy atom. The van der Waals surface area contributed by atoms with E-state index in [2.05, 4.69) is 0 Å². The third kappa shape index (κ3) is 1.39. The van der Waals surface area contributed by atoms with E-state index in [4.69, 9.17) is 0 Å². The van der Waals surface area contributed by atoms with Crippen molar-refractivity contribution in [2.75, 3.05) is 0 Å². The summed E-state index contributed by atoms with van der Waals surface area (Å²) < 4.78 is 25.3. The number of rotatable bonds is 1. The summed E-state index contributed by atoms with van der Waals surface area (Å²) in [5.74, 6) is -1.48. The normalized spacial score (nSPS) is 10.2. The molecule has 0 heterocycles. The molecule has 0 nitrogen and oxygen atoms in total. The topological polar surface area (TPSA) is 0 Å². The molecule has 2 heteroatoms. The number of aryl methyl sites for hydroxylation is 1. The Labute approximate surface area is 64.9 Å². The maximum Gasteiger partial charge on any atom is 0.161 e. The third-order valence-corrected chi connectivity index (χ3v) is 1.83. The van der Waals surface area contributed by atoms with Gasteiger partial charge in [0.1, 0.15) is 0 Å². The smallest absolute Gasteiger partial charge is 0.161 e. The lowest BCUT2D eigenvalue weighted by Gasteiger charge is -2.03. The van der Waals surface area contributed by atoms with Crippen LogP contribution in [0.2, 0.25) is 0 Å². The molecule has 0 atom stereocenters. The Kier molecular flexibility index (Phi) is 2.22. The molecule has 0 aliphatic rings. The zero-order valence-corrected chi connectivity index (χ0v) is 6.62. The fraction of sp³-hybridized carbons (Fsp3) is 0.333. The summed E-state index contributed by atoms with van der Waals surface area (Å²) in [6, 6.07) is 2.79. The van der Waals surface area contributed by atoms with Crippen LogP contribution in [0.5, 0.6) is 0 Å². The first-order chi connectivity index (χ1) is 5.16. The van der Waals surface area contributed by atoms with E-state index in [0.29, 0.717) is 5.56 Å². The van der Waals surface area contributed by atoms with Crippen LogP contribution in [0, 0.1) is 18.6 Å². The first-order valence-electron chi connectivity index (χ1n) is 3.60. The van der Waals surface area contributed by atoms with E-state index in [9.17, 15) is 8.78 Å². The van der Waals surface area contributed by atoms with Crippen molar-refractivity contribution in [2.24, 2.45) is 0 Å². The lowest BCUT2D eigenvalue weighted by Crippen LogP contribution is -1.94. The Hall–Kier alpha value is -0.920. The Morgan fingerprint density at radius 2 is 1.91 bits per heavy atom. The van der Waals surface area contributed by atoms with Crippen molar-refractivity contribution in [3.63, 3.8) is 0 Å². The molecule has 0 spiro atoms. The van der Waals surface area contributed by atoms with Gasteiger partial charge in [-0.05, 0) is 30.5 Å². The lowest BCUT2D eigenvalue weighted by molar-refractivity contribution is 0.501. The number of benzene rings is 1. The molecule has 0 amide bonds. The van der Waals surface area contributed by atoms with Crippen molar-refractivity contribution in [1.82, 2.24) is 0 Å². The van der Waals surface area contributed by atoms with Crippen molar-refractivity contribution in [3.8, 4) is 0 Å². The molecule has 0 unspecified atom stereocenters. The molecule has 0 N–H and O–H groups in total. The summed E-state index contributed by atoms with van der Waals surface area (Å²) in [5.41, 5.74) is 1.29. The van der Waals surface area contributed by atoms with Crippen LogP contribution in [0.15, 0.2) is 12.1 Å². The van der Waals surface area contributed by atoms with Crippen LogP contribution in [0.4, 0.5) is 8.78 Å². The second-order valence-electron chi connectivity index (χ2n) is 2.50. The van der Waals surface area contributed by atoms with E-state index in [1.165, 1.54) is 6.07 Å². The molecule has 1 rings (SSSR count). The summed E-state index contributed by atoms with van der Waals surface area (Å²) in [4.78, 5) is 0. The molecule has 0 aromatic heterocycles. The van der Waals surface area contributed by atoms with Crippen molar-refractivity contribution in [1.29, 1.82) is 0 Å². The highest BCUT2D eigenvalue weighted by Gasteiger charge is 2.06.